The predicted octanol–water partition coefficient (Wildman–Crippen LogP) is 6.87. The van der Waals surface area contributed by atoms with Crippen LogP contribution in [0.15, 0.2) is 106 Å². The zero-order chi connectivity index (χ0) is 32.6. The number of thiazole rings is 1. The number of halogens is 5. The molecular weight excluding hydrogens is 644 g/mol. The second-order valence-corrected chi connectivity index (χ2v) is 11.6. The summed E-state index contributed by atoms with van der Waals surface area (Å²) in [5.74, 6) is -1.37. The van der Waals surface area contributed by atoms with E-state index in [-0.39, 0.29) is 28.1 Å². The molecule has 0 amide bonds. The third kappa shape index (κ3) is 5.95. The second-order valence-electron chi connectivity index (χ2n) is 10.2. The SMILES string of the molecule is CCOC(=O)C1=C(C(F)(F)F)N=c2s/c(=C\c3c(OCc4ccccc4F)ccc4ccccc34)c(=O)n2[C@@H]1c1ccc(Cl)cc1. The summed E-state index contributed by atoms with van der Waals surface area (Å²) in [4.78, 5) is 30.8. The highest BCUT2D eigenvalue weighted by Crippen LogP contribution is 2.38. The van der Waals surface area contributed by atoms with Crippen LogP contribution >= 0.6 is 22.9 Å². The van der Waals surface area contributed by atoms with Crippen LogP contribution in [0.2, 0.25) is 5.02 Å². The van der Waals surface area contributed by atoms with Gasteiger partial charge in [-0.15, -0.1) is 0 Å². The lowest BCUT2D eigenvalue weighted by atomic mass is 9.95. The summed E-state index contributed by atoms with van der Waals surface area (Å²) in [5, 5.41) is 1.81. The number of nitrogens with zero attached hydrogens (tertiary/aromatic N) is 2. The van der Waals surface area contributed by atoms with Gasteiger partial charge in [0.25, 0.3) is 5.56 Å². The van der Waals surface area contributed by atoms with Gasteiger partial charge >= 0.3 is 12.1 Å². The Morgan fingerprint density at radius 2 is 1.74 bits per heavy atom. The van der Waals surface area contributed by atoms with Crippen LogP contribution in [0, 0.1) is 5.82 Å². The predicted molar refractivity (Wildman–Crippen MR) is 167 cm³/mol. The largest absolute Gasteiger partial charge is 0.488 e. The van der Waals surface area contributed by atoms with Gasteiger partial charge in [0.1, 0.15) is 18.2 Å². The van der Waals surface area contributed by atoms with Gasteiger partial charge in [0.2, 0.25) is 0 Å². The lowest BCUT2D eigenvalue weighted by Crippen LogP contribution is -2.41. The van der Waals surface area contributed by atoms with Gasteiger partial charge in [-0.05, 0) is 53.6 Å². The molecule has 0 fully saturated rings. The molecule has 1 aromatic heterocycles. The monoisotopic (exact) mass is 666 g/mol. The van der Waals surface area contributed by atoms with Gasteiger partial charge < -0.3 is 9.47 Å². The van der Waals surface area contributed by atoms with Crippen LogP contribution < -0.4 is 19.6 Å². The zero-order valence-corrected chi connectivity index (χ0v) is 25.5. The van der Waals surface area contributed by atoms with Gasteiger partial charge in [0.15, 0.2) is 10.5 Å². The van der Waals surface area contributed by atoms with E-state index in [0.29, 0.717) is 27.3 Å². The molecule has 1 aliphatic rings. The quantitative estimate of drug-likeness (QED) is 0.141. The van der Waals surface area contributed by atoms with Gasteiger partial charge in [-0.2, -0.15) is 13.2 Å². The number of carbonyl (C=O) groups is 1. The number of hydrogen-bond donors (Lipinski definition) is 0. The molecule has 0 saturated heterocycles. The number of hydrogen-bond acceptors (Lipinski definition) is 6. The van der Waals surface area contributed by atoms with E-state index in [4.69, 9.17) is 21.1 Å². The van der Waals surface area contributed by atoms with Crippen molar-refractivity contribution in [3.05, 3.63) is 143 Å². The highest BCUT2D eigenvalue weighted by Gasteiger charge is 2.45. The molecule has 0 unspecified atom stereocenters. The molecule has 0 bridgehead atoms. The smallest absolute Gasteiger partial charge is 0.434 e. The topological polar surface area (TPSA) is 69.9 Å². The number of benzene rings is 4. The van der Waals surface area contributed by atoms with Crippen LogP contribution in [0.3, 0.4) is 0 Å². The Labute approximate surface area is 268 Å². The molecule has 5 aromatic rings. The number of esters is 1. The number of carbonyl (C=O) groups excluding carboxylic acids is 1. The summed E-state index contributed by atoms with van der Waals surface area (Å²) in [6, 6.07) is 21.2. The molecular formula is C34H23ClF4N2O4S. The molecule has 4 aromatic carbocycles. The van der Waals surface area contributed by atoms with Crippen molar-refractivity contribution in [3.63, 3.8) is 0 Å². The lowest BCUT2D eigenvalue weighted by Gasteiger charge is -2.26. The van der Waals surface area contributed by atoms with Crippen molar-refractivity contribution < 1.29 is 31.8 Å². The van der Waals surface area contributed by atoms with Crippen LogP contribution in [-0.4, -0.2) is 23.3 Å². The van der Waals surface area contributed by atoms with E-state index < -0.39 is 40.8 Å². The number of allylic oxidation sites excluding steroid dienone is 1. The third-order valence-electron chi connectivity index (χ3n) is 7.33. The van der Waals surface area contributed by atoms with Crippen molar-refractivity contribution in [2.75, 3.05) is 6.61 Å². The Balaban J connectivity index is 1.58. The van der Waals surface area contributed by atoms with Crippen LogP contribution in [0.25, 0.3) is 16.8 Å². The van der Waals surface area contributed by atoms with E-state index in [1.54, 1.807) is 30.3 Å². The molecule has 6 rings (SSSR count). The Bertz CT molecular complexity index is 2190. The van der Waals surface area contributed by atoms with E-state index in [2.05, 4.69) is 4.99 Å². The summed E-state index contributed by atoms with van der Waals surface area (Å²) >= 11 is 6.80. The molecule has 0 radical (unpaired) electrons. The van der Waals surface area contributed by atoms with Gasteiger partial charge in [0.05, 0.1) is 22.8 Å². The first kappa shape index (κ1) is 31.3. The van der Waals surface area contributed by atoms with E-state index in [0.717, 1.165) is 21.3 Å². The lowest BCUT2D eigenvalue weighted by molar-refractivity contribution is -0.140. The van der Waals surface area contributed by atoms with Crippen molar-refractivity contribution in [2.24, 2.45) is 4.99 Å². The van der Waals surface area contributed by atoms with E-state index >= 15 is 0 Å². The van der Waals surface area contributed by atoms with Gasteiger partial charge in [-0.25, -0.2) is 14.2 Å². The molecule has 0 N–H and O–H groups in total. The van der Waals surface area contributed by atoms with Gasteiger partial charge in [0, 0.05) is 16.1 Å². The molecule has 6 nitrogen and oxygen atoms in total. The van der Waals surface area contributed by atoms with Crippen molar-refractivity contribution in [3.8, 4) is 5.75 Å². The fourth-order valence-electron chi connectivity index (χ4n) is 5.25. The van der Waals surface area contributed by atoms with Gasteiger partial charge in [-0.1, -0.05) is 83.6 Å². The average molecular weight is 667 g/mol. The molecule has 0 saturated carbocycles. The Hall–Kier alpha value is -4.74. The third-order valence-corrected chi connectivity index (χ3v) is 8.56. The number of fused-ring (bicyclic) bond motifs is 2. The fourth-order valence-corrected chi connectivity index (χ4v) is 6.36. The van der Waals surface area contributed by atoms with E-state index in [1.807, 2.05) is 24.3 Å². The molecule has 1 atom stereocenters. The molecule has 46 heavy (non-hydrogen) atoms. The summed E-state index contributed by atoms with van der Waals surface area (Å²) in [5.41, 5.74) is -1.96. The first-order valence-corrected chi connectivity index (χ1v) is 15.2. The molecule has 2 heterocycles. The van der Waals surface area contributed by atoms with Crippen molar-refractivity contribution in [1.29, 1.82) is 0 Å². The van der Waals surface area contributed by atoms with Crippen molar-refractivity contribution >= 4 is 45.8 Å². The van der Waals surface area contributed by atoms with Gasteiger partial charge in [-0.3, -0.25) is 9.36 Å². The maximum atomic E-state index is 14.5. The molecule has 1 aliphatic heterocycles. The van der Waals surface area contributed by atoms with Crippen molar-refractivity contribution in [1.82, 2.24) is 4.57 Å². The van der Waals surface area contributed by atoms with Crippen LogP contribution in [0.5, 0.6) is 5.75 Å². The van der Waals surface area contributed by atoms with Crippen molar-refractivity contribution in [2.45, 2.75) is 25.7 Å². The average Bonchev–Trinajstić information content (AvgIpc) is 3.35. The Kier molecular flexibility index (Phi) is 8.54. The minimum Gasteiger partial charge on any atom is -0.488 e. The Morgan fingerprint density at radius 1 is 1.02 bits per heavy atom. The zero-order valence-electron chi connectivity index (χ0n) is 24.0. The fraction of sp³-hybridized carbons (Fsp3) is 0.147. The maximum Gasteiger partial charge on any atom is 0.434 e. The Morgan fingerprint density at radius 3 is 2.46 bits per heavy atom. The van der Waals surface area contributed by atoms with E-state index in [1.165, 1.54) is 43.3 Å². The van der Waals surface area contributed by atoms with Crippen LogP contribution in [-0.2, 0) is 16.1 Å². The number of alkyl halides is 3. The molecule has 0 aliphatic carbocycles. The summed E-state index contributed by atoms with van der Waals surface area (Å²) in [6.45, 7) is 1.16. The maximum absolute atomic E-state index is 14.5. The molecule has 0 spiro atoms. The number of ether oxygens (including phenoxy) is 2. The second kappa shape index (κ2) is 12.6. The standard InChI is InChI=1S/C34H23ClF4N2O4S/c1-2-44-32(43)28-29(20-11-14-22(35)15-12-20)41-31(42)27(46-33(41)40-30(28)34(37,38)39)17-24-23-9-5-3-7-19(23)13-16-26(24)45-18-21-8-4-6-10-25(21)36/h3-17,29H,2,18H2,1H3/b27-17-/t29-/m1/s1. The minimum absolute atomic E-state index is 0.0384. The molecule has 12 heteroatoms. The van der Waals surface area contributed by atoms with E-state index in [9.17, 15) is 27.2 Å². The first-order valence-electron chi connectivity index (χ1n) is 14.0. The van der Waals surface area contributed by atoms with Crippen LogP contribution in [0.1, 0.15) is 29.7 Å². The summed E-state index contributed by atoms with van der Waals surface area (Å²) in [6.07, 6.45) is -3.52. The first-order chi connectivity index (χ1) is 22.1. The normalized spacial score (nSPS) is 15.1. The minimum atomic E-state index is -5.04. The summed E-state index contributed by atoms with van der Waals surface area (Å²) < 4.78 is 69.9. The number of rotatable bonds is 7. The number of aromatic nitrogens is 1. The summed E-state index contributed by atoms with van der Waals surface area (Å²) in [7, 11) is 0. The highest BCUT2D eigenvalue weighted by atomic mass is 35.5. The highest BCUT2D eigenvalue weighted by molar-refractivity contribution is 7.07. The van der Waals surface area contributed by atoms with Crippen LogP contribution in [0.4, 0.5) is 17.6 Å². The molecule has 234 valence electrons.